The summed E-state index contributed by atoms with van der Waals surface area (Å²) in [6.07, 6.45) is 0.727. The Labute approximate surface area is 107 Å². The molecule has 96 valence electrons. The molecule has 1 atom stereocenters. The average molecular weight is 246 g/mol. The molecule has 0 saturated heterocycles. The Kier molecular flexibility index (Phi) is 3.50. The lowest BCUT2D eigenvalue weighted by atomic mass is 9.98. The minimum Gasteiger partial charge on any atom is -0.399 e. The Morgan fingerprint density at radius 2 is 1.94 bits per heavy atom. The molecule has 0 saturated carbocycles. The van der Waals surface area contributed by atoms with Crippen LogP contribution in [0.1, 0.15) is 24.3 Å². The topological polar surface area (TPSA) is 68.2 Å². The first-order valence-electron chi connectivity index (χ1n) is 5.91. The van der Waals surface area contributed by atoms with Gasteiger partial charge < -0.3 is 15.2 Å². The van der Waals surface area contributed by atoms with Gasteiger partial charge in [-0.2, -0.15) is 4.98 Å². The van der Waals surface area contributed by atoms with Crippen LogP contribution in [-0.4, -0.2) is 24.2 Å². The molecular weight excluding hydrogens is 228 g/mol. The van der Waals surface area contributed by atoms with Gasteiger partial charge in [0, 0.05) is 26.2 Å². The molecule has 1 aromatic heterocycles. The molecule has 0 fully saturated rings. The second-order valence-electron chi connectivity index (χ2n) is 4.65. The van der Waals surface area contributed by atoms with Crippen LogP contribution in [0.15, 0.2) is 28.8 Å². The summed E-state index contributed by atoms with van der Waals surface area (Å²) < 4.78 is 5.21. The number of rotatable bonds is 4. The third-order valence-corrected chi connectivity index (χ3v) is 2.84. The first kappa shape index (κ1) is 12.4. The molecule has 1 heterocycles. The second-order valence-corrected chi connectivity index (χ2v) is 4.65. The van der Waals surface area contributed by atoms with E-state index in [1.165, 1.54) is 5.56 Å². The van der Waals surface area contributed by atoms with Gasteiger partial charge in [-0.05, 0) is 28.8 Å². The second kappa shape index (κ2) is 5.08. The molecule has 0 radical (unpaired) electrons. The highest BCUT2D eigenvalue weighted by molar-refractivity contribution is 5.40. The molecule has 2 aromatic rings. The number of hydrogen-bond acceptors (Lipinski definition) is 5. The number of nitrogen functional groups attached to an aromatic ring is 1. The van der Waals surface area contributed by atoms with Crippen molar-refractivity contribution >= 4 is 11.6 Å². The molecule has 0 aliphatic rings. The molecule has 0 spiro atoms. The molecule has 2 rings (SSSR count). The van der Waals surface area contributed by atoms with Crippen LogP contribution in [0.25, 0.3) is 0 Å². The van der Waals surface area contributed by atoms with E-state index in [9.17, 15) is 0 Å². The van der Waals surface area contributed by atoms with Gasteiger partial charge >= 0.3 is 0 Å². The minimum atomic E-state index is 0.320. The Bertz CT molecular complexity index is 504. The van der Waals surface area contributed by atoms with Gasteiger partial charge in [-0.15, -0.1) is 0 Å². The van der Waals surface area contributed by atoms with Crippen molar-refractivity contribution in [2.75, 3.05) is 24.7 Å². The average Bonchev–Trinajstić information content (AvgIpc) is 2.78. The van der Waals surface area contributed by atoms with E-state index in [4.69, 9.17) is 10.3 Å². The molecule has 0 aliphatic heterocycles. The van der Waals surface area contributed by atoms with Crippen LogP contribution in [0.2, 0.25) is 0 Å². The van der Waals surface area contributed by atoms with Crippen molar-refractivity contribution < 1.29 is 4.52 Å². The summed E-state index contributed by atoms with van der Waals surface area (Å²) in [7, 11) is 3.77. The zero-order chi connectivity index (χ0) is 13.1. The summed E-state index contributed by atoms with van der Waals surface area (Å²) in [5.41, 5.74) is 7.66. The molecule has 1 aromatic carbocycles. The van der Waals surface area contributed by atoms with E-state index < -0.39 is 0 Å². The monoisotopic (exact) mass is 246 g/mol. The van der Waals surface area contributed by atoms with Crippen molar-refractivity contribution in [2.24, 2.45) is 0 Å². The minimum absolute atomic E-state index is 0.320. The molecular formula is C13H18N4O. The van der Waals surface area contributed by atoms with Gasteiger partial charge in [0.1, 0.15) is 0 Å². The smallest absolute Gasteiger partial charge is 0.265 e. The van der Waals surface area contributed by atoms with Crippen LogP contribution >= 0.6 is 0 Å². The van der Waals surface area contributed by atoms with Gasteiger partial charge in [0.15, 0.2) is 0 Å². The van der Waals surface area contributed by atoms with E-state index in [0.717, 1.165) is 12.1 Å². The molecule has 0 amide bonds. The number of anilines is 2. The maximum Gasteiger partial charge on any atom is 0.265 e. The summed E-state index contributed by atoms with van der Waals surface area (Å²) in [5, 5.41) is 3.90. The Hall–Kier alpha value is -2.04. The van der Waals surface area contributed by atoms with Crippen molar-refractivity contribution in [2.45, 2.75) is 19.3 Å². The summed E-state index contributed by atoms with van der Waals surface area (Å²) in [6.45, 7) is 2.13. The zero-order valence-electron chi connectivity index (χ0n) is 10.9. The lowest BCUT2D eigenvalue weighted by molar-refractivity contribution is 0.371. The lowest BCUT2D eigenvalue weighted by Gasteiger charge is -2.09. The molecule has 18 heavy (non-hydrogen) atoms. The van der Waals surface area contributed by atoms with Gasteiger partial charge in [0.05, 0.1) is 0 Å². The predicted molar refractivity (Wildman–Crippen MR) is 71.6 cm³/mol. The van der Waals surface area contributed by atoms with Gasteiger partial charge in [-0.3, -0.25) is 0 Å². The predicted octanol–water partition coefficient (Wildman–Crippen LogP) is 2.06. The lowest BCUT2D eigenvalue weighted by Crippen LogP contribution is -2.10. The van der Waals surface area contributed by atoms with Crippen LogP contribution in [-0.2, 0) is 6.42 Å². The maximum absolute atomic E-state index is 5.67. The van der Waals surface area contributed by atoms with Crippen molar-refractivity contribution in [1.82, 2.24) is 10.1 Å². The van der Waals surface area contributed by atoms with E-state index >= 15 is 0 Å². The third kappa shape index (κ3) is 2.80. The molecule has 1 unspecified atom stereocenters. The Morgan fingerprint density at radius 3 is 2.50 bits per heavy atom. The fourth-order valence-corrected chi connectivity index (χ4v) is 1.71. The SMILES string of the molecule is CC(Cc1nc(N(C)C)no1)c1ccc(N)cc1. The van der Waals surface area contributed by atoms with Gasteiger partial charge in [0.2, 0.25) is 5.89 Å². The van der Waals surface area contributed by atoms with Crippen molar-refractivity contribution in [3.63, 3.8) is 0 Å². The van der Waals surface area contributed by atoms with Crippen LogP contribution in [0, 0.1) is 0 Å². The highest BCUT2D eigenvalue weighted by Crippen LogP contribution is 2.21. The number of hydrogen-bond donors (Lipinski definition) is 1. The summed E-state index contributed by atoms with van der Waals surface area (Å²) in [5.74, 6) is 1.58. The van der Waals surface area contributed by atoms with Crippen LogP contribution in [0.4, 0.5) is 11.6 Å². The summed E-state index contributed by atoms with van der Waals surface area (Å²) >= 11 is 0. The molecule has 2 N–H and O–H groups in total. The number of benzene rings is 1. The maximum atomic E-state index is 5.67. The molecule has 0 aliphatic carbocycles. The molecule has 5 heteroatoms. The van der Waals surface area contributed by atoms with E-state index in [1.54, 1.807) is 0 Å². The number of nitrogens with two attached hydrogens (primary N) is 1. The zero-order valence-corrected chi connectivity index (χ0v) is 10.9. The standard InChI is InChI=1S/C13H18N4O/c1-9(10-4-6-11(14)7-5-10)8-12-15-13(16-18-12)17(2)3/h4-7,9H,8,14H2,1-3H3. The van der Waals surface area contributed by atoms with Crippen molar-refractivity contribution in [3.05, 3.63) is 35.7 Å². The third-order valence-electron chi connectivity index (χ3n) is 2.84. The number of nitrogens with zero attached hydrogens (tertiary/aromatic N) is 3. The normalized spacial score (nSPS) is 12.4. The van der Waals surface area contributed by atoms with Crippen molar-refractivity contribution in [1.29, 1.82) is 0 Å². The van der Waals surface area contributed by atoms with Crippen LogP contribution in [0.5, 0.6) is 0 Å². The first-order chi connectivity index (χ1) is 8.56. The molecule has 0 bridgehead atoms. The van der Waals surface area contributed by atoms with Gasteiger partial charge in [0.25, 0.3) is 5.95 Å². The molecule has 5 nitrogen and oxygen atoms in total. The largest absolute Gasteiger partial charge is 0.399 e. The van der Waals surface area contributed by atoms with Gasteiger partial charge in [-0.1, -0.05) is 19.1 Å². The van der Waals surface area contributed by atoms with Crippen LogP contribution in [0.3, 0.4) is 0 Å². The van der Waals surface area contributed by atoms with Crippen molar-refractivity contribution in [3.8, 4) is 0 Å². The quantitative estimate of drug-likeness (QED) is 0.836. The summed E-state index contributed by atoms with van der Waals surface area (Å²) in [6, 6.07) is 7.88. The fraction of sp³-hybridized carbons (Fsp3) is 0.385. The van der Waals surface area contributed by atoms with E-state index in [1.807, 2.05) is 43.3 Å². The van der Waals surface area contributed by atoms with Gasteiger partial charge in [-0.25, -0.2) is 0 Å². The van der Waals surface area contributed by atoms with E-state index in [2.05, 4.69) is 17.1 Å². The number of aromatic nitrogens is 2. The Balaban J connectivity index is 2.06. The van der Waals surface area contributed by atoms with Crippen LogP contribution < -0.4 is 10.6 Å². The highest BCUT2D eigenvalue weighted by atomic mass is 16.5. The summed E-state index contributed by atoms with van der Waals surface area (Å²) in [4.78, 5) is 6.14. The Morgan fingerprint density at radius 1 is 1.28 bits per heavy atom. The fourth-order valence-electron chi connectivity index (χ4n) is 1.71. The van der Waals surface area contributed by atoms with E-state index in [-0.39, 0.29) is 0 Å². The first-order valence-corrected chi connectivity index (χ1v) is 5.91. The van der Waals surface area contributed by atoms with E-state index in [0.29, 0.717) is 17.8 Å². The highest BCUT2D eigenvalue weighted by Gasteiger charge is 2.13.